The second kappa shape index (κ2) is 4.40. The third kappa shape index (κ3) is 2.44. The Bertz CT molecular complexity index is 297. The molecular formula is C8H11BrN2O. The van der Waals surface area contributed by atoms with Crippen molar-refractivity contribution in [1.29, 1.82) is 0 Å². The molecule has 0 spiro atoms. The third-order valence-electron chi connectivity index (χ3n) is 1.55. The first kappa shape index (κ1) is 9.45. The van der Waals surface area contributed by atoms with Crippen LogP contribution in [-0.2, 0) is 6.54 Å². The van der Waals surface area contributed by atoms with Crippen LogP contribution < -0.4 is 5.69 Å². The molecule has 1 heterocycles. The van der Waals surface area contributed by atoms with Gasteiger partial charge in [0, 0.05) is 24.3 Å². The van der Waals surface area contributed by atoms with E-state index >= 15 is 0 Å². The van der Waals surface area contributed by atoms with Crippen LogP contribution in [0, 0.1) is 5.92 Å². The molecular weight excluding hydrogens is 220 g/mol. The summed E-state index contributed by atoms with van der Waals surface area (Å²) in [6, 6.07) is 1.77. The van der Waals surface area contributed by atoms with Crippen molar-refractivity contribution in [3.8, 4) is 0 Å². The lowest BCUT2D eigenvalue weighted by molar-refractivity contribution is 0.512. The summed E-state index contributed by atoms with van der Waals surface area (Å²) >= 11 is 3.36. The number of hydrogen-bond acceptors (Lipinski definition) is 2. The van der Waals surface area contributed by atoms with E-state index in [9.17, 15) is 4.79 Å². The minimum absolute atomic E-state index is 0.176. The van der Waals surface area contributed by atoms with Crippen molar-refractivity contribution in [3.63, 3.8) is 0 Å². The van der Waals surface area contributed by atoms with Crippen LogP contribution in [0.25, 0.3) is 0 Å². The number of aromatic nitrogens is 2. The maximum absolute atomic E-state index is 11.1. The number of nitrogens with zero attached hydrogens (tertiary/aromatic N) is 2. The van der Waals surface area contributed by atoms with Gasteiger partial charge in [-0.05, 0) is 12.0 Å². The van der Waals surface area contributed by atoms with Crippen molar-refractivity contribution in [2.45, 2.75) is 13.5 Å². The largest absolute Gasteiger partial charge is 0.347 e. The normalized spacial score (nSPS) is 12.8. The predicted molar refractivity (Wildman–Crippen MR) is 51.5 cm³/mol. The third-order valence-corrected chi connectivity index (χ3v) is 2.66. The van der Waals surface area contributed by atoms with E-state index < -0.39 is 0 Å². The topological polar surface area (TPSA) is 34.9 Å². The lowest BCUT2D eigenvalue weighted by Gasteiger charge is -2.08. The Hall–Kier alpha value is -0.640. The lowest BCUT2D eigenvalue weighted by Crippen LogP contribution is -2.24. The first-order chi connectivity index (χ1) is 5.74. The summed E-state index contributed by atoms with van der Waals surface area (Å²) in [5, 5.41) is 0.897. The predicted octanol–water partition coefficient (Wildman–Crippen LogP) is 1.27. The van der Waals surface area contributed by atoms with Gasteiger partial charge < -0.3 is 0 Å². The van der Waals surface area contributed by atoms with Gasteiger partial charge >= 0.3 is 5.69 Å². The molecule has 0 bridgehead atoms. The van der Waals surface area contributed by atoms with Crippen molar-refractivity contribution < 1.29 is 0 Å². The molecule has 0 radical (unpaired) electrons. The average molecular weight is 231 g/mol. The maximum atomic E-state index is 11.1. The van der Waals surface area contributed by atoms with Crippen molar-refractivity contribution >= 4 is 15.9 Å². The summed E-state index contributed by atoms with van der Waals surface area (Å²) in [6.07, 6.45) is 3.27. The van der Waals surface area contributed by atoms with Gasteiger partial charge in [0.25, 0.3) is 0 Å². The minimum atomic E-state index is -0.176. The molecule has 0 N–H and O–H groups in total. The summed E-state index contributed by atoms with van der Waals surface area (Å²) in [6.45, 7) is 2.80. The van der Waals surface area contributed by atoms with Gasteiger partial charge in [-0.2, -0.15) is 0 Å². The van der Waals surface area contributed by atoms with Gasteiger partial charge in [0.2, 0.25) is 0 Å². The second-order valence-corrected chi connectivity index (χ2v) is 3.46. The standard InChI is InChI=1S/C8H11BrN2O/c1-7(5-9)6-11-4-2-3-10-8(11)12/h2-4,7H,5-6H2,1H3. The van der Waals surface area contributed by atoms with E-state index in [1.54, 1.807) is 16.8 Å². The molecule has 66 valence electrons. The van der Waals surface area contributed by atoms with Crippen LogP contribution >= 0.6 is 15.9 Å². The van der Waals surface area contributed by atoms with E-state index in [1.807, 2.05) is 0 Å². The van der Waals surface area contributed by atoms with E-state index in [2.05, 4.69) is 27.8 Å². The Morgan fingerprint density at radius 1 is 1.75 bits per heavy atom. The summed E-state index contributed by atoms with van der Waals surface area (Å²) in [7, 11) is 0. The lowest BCUT2D eigenvalue weighted by atomic mass is 10.2. The highest BCUT2D eigenvalue weighted by Gasteiger charge is 2.01. The summed E-state index contributed by atoms with van der Waals surface area (Å²) in [5.74, 6) is 0.451. The average Bonchev–Trinajstić information content (AvgIpc) is 2.09. The fourth-order valence-electron chi connectivity index (χ4n) is 0.911. The molecule has 4 heteroatoms. The first-order valence-electron chi connectivity index (χ1n) is 3.81. The van der Waals surface area contributed by atoms with E-state index in [0.29, 0.717) is 5.92 Å². The number of alkyl halides is 1. The molecule has 3 nitrogen and oxygen atoms in total. The Labute approximate surface area is 79.6 Å². The molecule has 0 saturated heterocycles. The van der Waals surface area contributed by atoms with Crippen molar-refractivity contribution in [1.82, 2.24) is 9.55 Å². The van der Waals surface area contributed by atoms with E-state index in [1.165, 1.54) is 6.20 Å². The monoisotopic (exact) mass is 230 g/mol. The molecule has 0 aromatic carbocycles. The van der Waals surface area contributed by atoms with Crippen LogP contribution in [0.15, 0.2) is 23.3 Å². The van der Waals surface area contributed by atoms with Gasteiger partial charge in [-0.25, -0.2) is 9.78 Å². The molecule has 0 aliphatic carbocycles. The van der Waals surface area contributed by atoms with Gasteiger partial charge in [0.1, 0.15) is 0 Å². The quantitative estimate of drug-likeness (QED) is 0.734. The molecule has 0 fully saturated rings. The Morgan fingerprint density at radius 3 is 3.08 bits per heavy atom. The second-order valence-electron chi connectivity index (χ2n) is 2.81. The number of hydrogen-bond donors (Lipinski definition) is 0. The molecule has 1 atom stereocenters. The summed E-state index contributed by atoms with van der Waals surface area (Å²) < 4.78 is 1.62. The summed E-state index contributed by atoms with van der Waals surface area (Å²) in [4.78, 5) is 14.8. The van der Waals surface area contributed by atoms with Crippen LogP contribution in [0.5, 0.6) is 0 Å². The van der Waals surface area contributed by atoms with Crippen LogP contribution in [0.3, 0.4) is 0 Å². The molecule has 0 aliphatic rings. The molecule has 0 aliphatic heterocycles. The van der Waals surface area contributed by atoms with Gasteiger partial charge in [0.05, 0.1) is 0 Å². The maximum Gasteiger partial charge on any atom is 0.347 e. The molecule has 1 unspecified atom stereocenters. The number of halogens is 1. The molecule has 12 heavy (non-hydrogen) atoms. The van der Waals surface area contributed by atoms with Crippen molar-refractivity contribution in [3.05, 3.63) is 28.9 Å². The molecule has 0 saturated carbocycles. The highest BCUT2D eigenvalue weighted by Crippen LogP contribution is 2.01. The molecule has 1 aromatic heterocycles. The Kier molecular flexibility index (Phi) is 3.47. The van der Waals surface area contributed by atoms with E-state index in [0.717, 1.165) is 11.9 Å². The smallest absolute Gasteiger partial charge is 0.299 e. The highest BCUT2D eigenvalue weighted by molar-refractivity contribution is 9.09. The minimum Gasteiger partial charge on any atom is -0.299 e. The van der Waals surface area contributed by atoms with Crippen molar-refractivity contribution in [2.75, 3.05) is 5.33 Å². The van der Waals surface area contributed by atoms with Crippen molar-refractivity contribution in [2.24, 2.45) is 5.92 Å². The fraction of sp³-hybridized carbons (Fsp3) is 0.500. The molecule has 0 amide bonds. The van der Waals surface area contributed by atoms with Gasteiger partial charge in [-0.3, -0.25) is 4.57 Å². The fourth-order valence-corrected chi connectivity index (χ4v) is 1.12. The van der Waals surface area contributed by atoms with E-state index in [-0.39, 0.29) is 5.69 Å². The Balaban J connectivity index is 2.76. The molecule has 1 aromatic rings. The zero-order valence-corrected chi connectivity index (χ0v) is 8.49. The number of rotatable bonds is 3. The van der Waals surface area contributed by atoms with Gasteiger partial charge in [-0.1, -0.05) is 22.9 Å². The highest BCUT2D eigenvalue weighted by atomic mass is 79.9. The van der Waals surface area contributed by atoms with Crippen LogP contribution in [-0.4, -0.2) is 14.9 Å². The summed E-state index contributed by atoms with van der Waals surface area (Å²) in [5.41, 5.74) is -0.176. The van der Waals surface area contributed by atoms with Crippen LogP contribution in [0.1, 0.15) is 6.92 Å². The molecule has 1 rings (SSSR count). The Morgan fingerprint density at radius 2 is 2.50 bits per heavy atom. The SMILES string of the molecule is CC(CBr)Cn1cccnc1=O. The first-order valence-corrected chi connectivity index (χ1v) is 4.93. The van der Waals surface area contributed by atoms with E-state index in [4.69, 9.17) is 0 Å². The van der Waals surface area contributed by atoms with Gasteiger partial charge in [0.15, 0.2) is 0 Å². The van der Waals surface area contributed by atoms with Crippen LogP contribution in [0.2, 0.25) is 0 Å². The van der Waals surface area contributed by atoms with Gasteiger partial charge in [-0.15, -0.1) is 0 Å². The zero-order valence-electron chi connectivity index (χ0n) is 6.90. The van der Waals surface area contributed by atoms with Crippen LogP contribution in [0.4, 0.5) is 0 Å². The zero-order chi connectivity index (χ0) is 8.97.